The third-order valence-electron chi connectivity index (χ3n) is 5.82. The molecular formula is C28H32N3O7P. The van der Waals surface area contributed by atoms with Crippen LogP contribution in [-0.2, 0) is 13.6 Å². The Morgan fingerprint density at radius 2 is 1.49 bits per heavy atom. The minimum Gasteiger partial charge on any atom is -0.493 e. The van der Waals surface area contributed by atoms with Gasteiger partial charge in [0.05, 0.1) is 45.4 Å². The zero-order valence-electron chi connectivity index (χ0n) is 22.5. The summed E-state index contributed by atoms with van der Waals surface area (Å²) >= 11 is 0. The highest BCUT2D eigenvalue weighted by Crippen LogP contribution is 2.62. The van der Waals surface area contributed by atoms with Gasteiger partial charge in [0.25, 0.3) is 0 Å². The molecule has 0 saturated heterocycles. The fourth-order valence-electron chi connectivity index (χ4n) is 4.10. The molecule has 1 heterocycles. The number of nitrogens with zero attached hydrogens (tertiary/aromatic N) is 2. The second-order valence-corrected chi connectivity index (χ2v) is 10.3. The van der Waals surface area contributed by atoms with Crippen LogP contribution in [0.25, 0.3) is 10.9 Å². The van der Waals surface area contributed by atoms with Gasteiger partial charge in [-0.1, -0.05) is 12.1 Å². The lowest BCUT2D eigenvalue weighted by molar-refractivity contribution is 0.214. The standard InChI is InChI=1S/C28H32N3O7P/c1-6-36-39(32,37-7-2)28(19-16-24(33-3)26(35-5)25(17-19)34-4)31-20-12-14-21(15-13-20)38-27-22-10-8-9-11-23(22)29-18-30-27/h8-18,28,31H,6-7H2,1-5H3. The minimum absolute atomic E-state index is 0.194. The van der Waals surface area contributed by atoms with Gasteiger partial charge >= 0.3 is 7.60 Å². The molecule has 1 unspecified atom stereocenters. The van der Waals surface area contributed by atoms with E-state index in [2.05, 4.69) is 15.3 Å². The number of para-hydroxylation sites is 1. The van der Waals surface area contributed by atoms with Crippen molar-refractivity contribution < 1.29 is 32.6 Å². The van der Waals surface area contributed by atoms with E-state index in [0.29, 0.717) is 40.1 Å². The van der Waals surface area contributed by atoms with Crippen molar-refractivity contribution >= 4 is 24.2 Å². The highest BCUT2D eigenvalue weighted by molar-refractivity contribution is 7.54. The van der Waals surface area contributed by atoms with Crippen molar-refractivity contribution in [2.24, 2.45) is 0 Å². The lowest BCUT2D eigenvalue weighted by Gasteiger charge is -2.29. The number of fused-ring (bicyclic) bond motifs is 1. The van der Waals surface area contributed by atoms with Crippen molar-refractivity contribution in [2.75, 3.05) is 39.9 Å². The number of nitrogens with one attached hydrogen (secondary N) is 1. The topological polar surface area (TPSA) is 110 Å². The van der Waals surface area contributed by atoms with Crippen LogP contribution in [-0.4, -0.2) is 44.5 Å². The maximum atomic E-state index is 14.0. The van der Waals surface area contributed by atoms with Crippen LogP contribution in [0.4, 0.5) is 5.69 Å². The predicted molar refractivity (Wildman–Crippen MR) is 149 cm³/mol. The van der Waals surface area contributed by atoms with E-state index < -0.39 is 13.4 Å². The fraction of sp³-hybridized carbons (Fsp3) is 0.286. The largest absolute Gasteiger partial charge is 0.493 e. The number of rotatable bonds is 13. The zero-order valence-corrected chi connectivity index (χ0v) is 23.4. The number of anilines is 1. The number of aromatic nitrogens is 2. The van der Waals surface area contributed by atoms with Crippen molar-refractivity contribution in [3.63, 3.8) is 0 Å². The average molecular weight is 554 g/mol. The number of hydrogen-bond donors (Lipinski definition) is 1. The Labute approximate surface area is 227 Å². The molecule has 3 aromatic carbocycles. The molecule has 1 atom stereocenters. The lowest BCUT2D eigenvalue weighted by atomic mass is 10.1. The molecule has 206 valence electrons. The van der Waals surface area contributed by atoms with E-state index in [1.165, 1.54) is 27.7 Å². The molecule has 10 nitrogen and oxygen atoms in total. The van der Waals surface area contributed by atoms with Crippen LogP contribution in [0.1, 0.15) is 25.2 Å². The van der Waals surface area contributed by atoms with E-state index in [1.807, 2.05) is 36.4 Å². The summed E-state index contributed by atoms with van der Waals surface area (Å²) in [6.07, 6.45) is 1.47. The van der Waals surface area contributed by atoms with Crippen LogP contribution in [0.5, 0.6) is 28.9 Å². The second kappa shape index (κ2) is 12.8. The Kier molecular flexibility index (Phi) is 9.24. The monoisotopic (exact) mass is 553 g/mol. The molecule has 1 N–H and O–H groups in total. The smallest absolute Gasteiger partial charge is 0.357 e. The van der Waals surface area contributed by atoms with Crippen molar-refractivity contribution in [2.45, 2.75) is 19.6 Å². The first kappa shape index (κ1) is 28.2. The summed E-state index contributed by atoms with van der Waals surface area (Å²) in [5.74, 6) is 1.39. The van der Waals surface area contributed by atoms with E-state index in [0.717, 1.165) is 10.9 Å². The molecule has 0 aliphatic carbocycles. The molecule has 4 rings (SSSR count). The van der Waals surface area contributed by atoms with Gasteiger partial charge in [-0.3, -0.25) is 4.57 Å². The van der Waals surface area contributed by atoms with Crippen molar-refractivity contribution in [3.8, 4) is 28.9 Å². The van der Waals surface area contributed by atoms with Gasteiger partial charge in [-0.2, -0.15) is 0 Å². The van der Waals surface area contributed by atoms with Crippen molar-refractivity contribution in [1.29, 1.82) is 0 Å². The number of hydrogen-bond acceptors (Lipinski definition) is 10. The number of benzene rings is 3. The number of methoxy groups -OCH3 is 3. The first-order valence-electron chi connectivity index (χ1n) is 12.4. The zero-order chi connectivity index (χ0) is 27.8. The van der Waals surface area contributed by atoms with E-state index in [9.17, 15) is 4.57 Å². The van der Waals surface area contributed by atoms with Crippen molar-refractivity contribution in [3.05, 3.63) is 72.6 Å². The highest BCUT2D eigenvalue weighted by Gasteiger charge is 2.38. The summed E-state index contributed by atoms with van der Waals surface area (Å²) < 4.78 is 48.0. The second-order valence-electron chi connectivity index (χ2n) is 8.20. The van der Waals surface area contributed by atoms with E-state index in [4.69, 9.17) is 28.0 Å². The van der Waals surface area contributed by atoms with E-state index in [1.54, 1.807) is 38.1 Å². The molecule has 0 spiro atoms. The van der Waals surface area contributed by atoms with Gasteiger partial charge < -0.3 is 33.3 Å². The quantitative estimate of drug-likeness (QED) is 0.177. The fourth-order valence-corrected chi connectivity index (χ4v) is 6.01. The third-order valence-corrected chi connectivity index (χ3v) is 8.11. The Morgan fingerprint density at radius 1 is 0.846 bits per heavy atom. The van der Waals surface area contributed by atoms with Gasteiger partial charge in [-0.05, 0) is 67.9 Å². The van der Waals surface area contributed by atoms with Gasteiger partial charge in [-0.15, -0.1) is 0 Å². The Balaban J connectivity index is 1.68. The van der Waals surface area contributed by atoms with Gasteiger partial charge in [0.15, 0.2) is 17.3 Å². The first-order chi connectivity index (χ1) is 19.0. The average Bonchev–Trinajstić information content (AvgIpc) is 2.96. The molecular weight excluding hydrogens is 521 g/mol. The molecule has 0 aliphatic heterocycles. The molecule has 0 radical (unpaired) electrons. The lowest BCUT2D eigenvalue weighted by Crippen LogP contribution is -2.16. The SMILES string of the molecule is CCOP(=O)(OCC)C(Nc1ccc(Oc2ncnc3ccccc23)cc1)c1cc(OC)c(OC)c(OC)c1. The van der Waals surface area contributed by atoms with Gasteiger partial charge in [0.1, 0.15) is 12.1 Å². The normalized spacial score (nSPS) is 12.1. The number of ether oxygens (including phenoxy) is 4. The van der Waals surface area contributed by atoms with Gasteiger partial charge in [0.2, 0.25) is 11.6 Å². The molecule has 4 aromatic rings. The molecule has 39 heavy (non-hydrogen) atoms. The summed E-state index contributed by atoms with van der Waals surface area (Å²) in [6, 6.07) is 18.3. The predicted octanol–water partition coefficient (Wildman–Crippen LogP) is 6.82. The van der Waals surface area contributed by atoms with E-state index in [-0.39, 0.29) is 13.2 Å². The highest BCUT2D eigenvalue weighted by atomic mass is 31.2. The van der Waals surface area contributed by atoms with Crippen LogP contribution >= 0.6 is 7.60 Å². The summed E-state index contributed by atoms with van der Waals surface area (Å²) in [5, 5.41) is 4.12. The third kappa shape index (κ3) is 6.25. The van der Waals surface area contributed by atoms with Crippen LogP contribution in [0.15, 0.2) is 67.0 Å². The van der Waals surface area contributed by atoms with Crippen LogP contribution in [0, 0.1) is 0 Å². The Morgan fingerprint density at radius 3 is 2.08 bits per heavy atom. The molecule has 0 saturated carbocycles. The summed E-state index contributed by atoms with van der Waals surface area (Å²) in [6.45, 7) is 3.92. The summed E-state index contributed by atoms with van der Waals surface area (Å²) in [5.41, 5.74) is 2.02. The van der Waals surface area contributed by atoms with E-state index >= 15 is 0 Å². The molecule has 0 amide bonds. The van der Waals surface area contributed by atoms with Gasteiger partial charge in [-0.25, -0.2) is 9.97 Å². The van der Waals surface area contributed by atoms with Crippen LogP contribution in [0.3, 0.4) is 0 Å². The van der Waals surface area contributed by atoms with Gasteiger partial charge in [0, 0.05) is 5.69 Å². The molecule has 11 heteroatoms. The van der Waals surface area contributed by atoms with Crippen LogP contribution in [0.2, 0.25) is 0 Å². The molecule has 0 aliphatic rings. The van der Waals surface area contributed by atoms with Crippen molar-refractivity contribution in [1.82, 2.24) is 9.97 Å². The maximum absolute atomic E-state index is 14.0. The first-order valence-corrected chi connectivity index (χ1v) is 14.0. The molecule has 0 fully saturated rings. The maximum Gasteiger partial charge on any atom is 0.357 e. The summed E-state index contributed by atoms with van der Waals surface area (Å²) in [4.78, 5) is 8.55. The molecule has 1 aromatic heterocycles. The minimum atomic E-state index is -3.71. The Bertz CT molecular complexity index is 1410. The summed E-state index contributed by atoms with van der Waals surface area (Å²) in [7, 11) is 0.860. The Hall–Kier alpha value is -3.85. The van der Waals surface area contributed by atoms with Crippen LogP contribution < -0.4 is 24.3 Å². The molecule has 0 bridgehead atoms.